The topological polar surface area (TPSA) is 124 Å². The molecule has 0 unspecified atom stereocenters. The molecule has 3 aromatic carbocycles. The molecule has 1 aromatic heterocycles. The van der Waals surface area contributed by atoms with Crippen molar-refractivity contribution in [2.75, 3.05) is 12.3 Å². The molecule has 0 spiro atoms. The van der Waals surface area contributed by atoms with E-state index in [0.717, 1.165) is 57.4 Å². The molecule has 10 heteroatoms. The van der Waals surface area contributed by atoms with E-state index >= 15 is 0 Å². The molecular weight excluding hydrogens is 627 g/mol. The van der Waals surface area contributed by atoms with Crippen molar-refractivity contribution in [2.24, 2.45) is 0 Å². The molecule has 0 bridgehead atoms. The minimum Gasteiger partial charge on any atom is -0.618 e. The minimum absolute atomic E-state index is 0.0179. The molecule has 3 atom stereocenters. The lowest BCUT2D eigenvalue weighted by molar-refractivity contribution is -0.645. The van der Waals surface area contributed by atoms with Crippen LogP contribution in [0.5, 0.6) is 0 Å². The fourth-order valence-electron chi connectivity index (χ4n) is 5.56. The zero-order valence-corrected chi connectivity index (χ0v) is 28.0. The van der Waals surface area contributed by atoms with Crippen molar-refractivity contribution in [3.8, 4) is 11.1 Å². The van der Waals surface area contributed by atoms with Gasteiger partial charge in [0.25, 0.3) is 5.03 Å². The van der Waals surface area contributed by atoms with E-state index < -0.39 is 6.29 Å². The van der Waals surface area contributed by atoms with Crippen molar-refractivity contribution in [2.45, 2.75) is 75.7 Å². The Balaban J connectivity index is 1.20. The Labute approximate surface area is 286 Å². The van der Waals surface area contributed by atoms with Gasteiger partial charge < -0.3 is 30.4 Å². The number of unbranched alkanes of at least 4 members (excludes halogenated alkanes) is 2. The van der Waals surface area contributed by atoms with Crippen LogP contribution in [0.15, 0.2) is 102 Å². The third-order valence-electron chi connectivity index (χ3n) is 8.21. The van der Waals surface area contributed by atoms with Gasteiger partial charge in [0.15, 0.2) is 12.5 Å². The van der Waals surface area contributed by atoms with E-state index in [9.17, 15) is 19.9 Å². The summed E-state index contributed by atoms with van der Waals surface area (Å²) < 4.78 is 13.8. The molecule has 1 saturated heterocycles. The lowest BCUT2D eigenvalue weighted by Gasteiger charge is -2.36. The molecule has 5 rings (SSSR count). The maximum absolute atomic E-state index is 12.4. The molecule has 2 amide bonds. The first-order valence-electron chi connectivity index (χ1n) is 16.4. The Morgan fingerprint density at radius 2 is 1.67 bits per heavy atom. The van der Waals surface area contributed by atoms with Gasteiger partial charge in [-0.1, -0.05) is 84.9 Å². The van der Waals surface area contributed by atoms with Crippen molar-refractivity contribution < 1.29 is 28.9 Å². The second-order valence-corrected chi connectivity index (χ2v) is 13.0. The Morgan fingerprint density at radius 1 is 0.875 bits per heavy atom. The summed E-state index contributed by atoms with van der Waals surface area (Å²) in [4.78, 5) is 23.3. The van der Waals surface area contributed by atoms with E-state index in [2.05, 4.69) is 28.8 Å². The summed E-state index contributed by atoms with van der Waals surface area (Å²) >= 11 is 1.47. The lowest BCUT2D eigenvalue weighted by atomic mass is 9.99. The predicted molar refractivity (Wildman–Crippen MR) is 185 cm³/mol. The summed E-state index contributed by atoms with van der Waals surface area (Å²) in [5.74, 6) is 0.585. The zero-order valence-electron chi connectivity index (χ0n) is 27.2. The summed E-state index contributed by atoms with van der Waals surface area (Å²) in [6.07, 6.45) is 4.17. The minimum atomic E-state index is -0.594. The highest BCUT2D eigenvalue weighted by atomic mass is 32.2. The van der Waals surface area contributed by atoms with Crippen LogP contribution in [0.4, 0.5) is 0 Å². The monoisotopic (exact) mass is 669 g/mol. The van der Waals surface area contributed by atoms with Crippen LogP contribution in [0.25, 0.3) is 11.1 Å². The molecule has 0 aliphatic carbocycles. The number of hydrogen-bond donors (Lipinski definition) is 3. The van der Waals surface area contributed by atoms with E-state index in [1.54, 1.807) is 12.1 Å². The Bertz CT molecular complexity index is 1630. The average Bonchev–Trinajstić information content (AvgIpc) is 3.12. The first kappa shape index (κ1) is 35.1. The second kappa shape index (κ2) is 17.8. The molecule has 1 aliphatic rings. The third kappa shape index (κ3) is 10.4. The third-order valence-corrected chi connectivity index (χ3v) is 9.36. The number of aliphatic hydroxyl groups excluding tert-OH is 1. The van der Waals surface area contributed by atoms with Crippen LogP contribution in [0.2, 0.25) is 0 Å². The van der Waals surface area contributed by atoms with Gasteiger partial charge in [0.05, 0.1) is 18.8 Å². The Morgan fingerprint density at radius 3 is 2.42 bits per heavy atom. The molecule has 252 valence electrons. The average molecular weight is 670 g/mol. The van der Waals surface area contributed by atoms with Crippen LogP contribution in [0.1, 0.15) is 73.7 Å². The van der Waals surface area contributed by atoms with Crippen LogP contribution >= 0.6 is 11.8 Å². The molecule has 1 aliphatic heterocycles. The number of ether oxygens (including phenoxy) is 2. The van der Waals surface area contributed by atoms with Crippen molar-refractivity contribution in [3.05, 3.63) is 125 Å². The Hall–Kier alpha value is -4.22. The maximum Gasteiger partial charge on any atom is 0.251 e. The normalized spacial score (nSPS) is 17.5. The molecule has 1 fully saturated rings. The first-order valence-corrected chi connectivity index (χ1v) is 17.4. The van der Waals surface area contributed by atoms with Gasteiger partial charge in [-0.05, 0) is 52.8 Å². The van der Waals surface area contributed by atoms with Crippen molar-refractivity contribution in [1.82, 2.24) is 10.6 Å². The molecule has 4 aromatic rings. The van der Waals surface area contributed by atoms with E-state index in [0.29, 0.717) is 36.7 Å². The maximum atomic E-state index is 12.4. The van der Waals surface area contributed by atoms with Gasteiger partial charge in [0.2, 0.25) is 11.8 Å². The van der Waals surface area contributed by atoms with E-state index in [-0.39, 0.29) is 30.6 Å². The predicted octanol–water partition coefficient (Wildman–Crippen LogP) is 6.13. The highest BCUT2D eigenvalue weighted by Crippen LogP contribution is 2.39. The summed E-state index contributed by atoms with van der Waals surface area (Å²) in [6.45, 7) is 2.58. The fourth-order valence-corrected chi connectivity index (χ4v) is 6.49. The quantitative estimate of drug-likeness (QED) is 0.0602. The van der Waals surface area contributed by atoms with Crippen LogP contribution in [0, 0.1) is 5.21 Å². The molecule has 9 nitrogen and oxygen atoms in total. The molecule has 2 heterocycles. The number of hydrogen-bond acceptors (Lipinski definition) is 7. The number of thioether (sulfide) groups is 1. The van der Waals surface area contributed by atoms with Gasteiger partial charge in [-0.15, -0.1) is 0 Å². The van der Waals surface area contributed by atoms with Gasteiger partial charge in [0, 0.05) is 56.3 Å². The van der Waals surface area contributed by atoms with Crippen LogP contribution in [0.3, 0.4) is 0 Å². The highest BCUT2D eigenvalue weighted by molar-refractivity contribution is 7.99. The number of carbonyl (C=O) groups is 2. The number of aromatic nitrogens is 1. The number of rotatable bonds is 15. The number of amides is 2. The van der Waals surface area contributed by atoms with Crippen molar-refractivity contribution in [1.29, 1.82) is 0 Å². The lowest BCUT2D eigenvalue weighted by Crippen LogP contribution is -2.32. The van der Waals surface area contributed by atoms with Crippen molar-refractivity contribution >= 4 is 23.6 Å². The van der Waals surface area contributed by atoms with Gasteiger partial charge >= 0.3 is 0 Å². The second-order valence-electron chi connectivity index (χ2n) is 11.9. The van der Waals surface area contributed by atoms with Gasteiger partial charge in [-0.3, -0.25) is 9.59 Å². The summed E-state index contributed by atoms with van der Waals surface area (Å²) in [6, 6.07) is 29.4. The number of carbonyl (C=O) groups excluding carboxylic acids is 2. The Kier molecular flexibility index (Phi) is 13.0. The largest absolute Gasteiger partial charge is 0.618 e. The van der Waals surface area contributed by atoms with Gasteiger partial charge in [-0.25, -0.2) is 0 Å². The van der Waals surface area contributed by atoms with E-state index in [1.807, 2.05) is 60.7 Å². The van der Waals surface area contributed by atoms with Crippen molar-refractivity contribution in [3.63, 3.8) is 0 Å². The number of benzene rings is 3. The molecule has 48 heavy (non-hydrogen) atoms. The smallest absolute Gasteiger partial charge is 0.251 e. The van der Waals surface area contributed by atoms with Crippen LogP contribution < -0.4 is 15.4 Å². The molecule has 0 saturated carbocycles. The van der Waals surface area contributed by atoms with E-state index in [4.69, 9.17) is 9.47 Å². The van der Waals surface area contributed by atoms with Crippen LogP contribution in [-0.4, -0.2) is 35.3 Å². The molecule has 3 N–H and O–H groups in total. The SMILES string of the molecule is CC(=O)NCCCCCC(=O)NCc1cccc(-c2ccc([C@H]3O[C@@H](CSc4cccc[n+]4[O-])C[C@@H](c4ccc(CO)cc4)O3)cc2)c1. The number of nitrogens with one attached hydrogen (secondary N) is 2. The molecular formula is C38H43N3O6S. The summed E-state index contributed by atoms with van der Waals surface area (Å²) in [5, 5.41) is 28.1. The first-order chi connectivity index (χ1) is 23.4. The molecule has 0 radical (unpaired) electrons. The fraction of sp³-hybridized carbons (Fsp3) is 0.342. The number of pyridine rings is 1. The highest BCUT2D eigenvalue weighted by Gasteiger charge is 2.32. The van der Waals surface area contributed by atoms with E-state index in [1.165, 1.54) is 24.9 Å². The number of aliphatic hydroxyl groups is 1. The zero-order chi connectivity index (χ0) is 33.7. The standard InChI is InChI=1S/C38H43N3O6S/c1-27(43)39-20-5-2-3-10-36(44)40-24-29-8-7-9-33(22-29)30-16-18-32(19-17-30)38-46-34(26-48-37-11-4-6-21-41(37)45)23-35(47-38)31-14-12-28(25-42)13-15-31/h4,6-9,11-19,21-22,34-35,38,42H,2-3,5,10,20,23-26H2,1H3,(H,39,43)(H,40,44)/t34-,35+,38+/m1/s1. The summed E-state index contributed by atoms with van der Waals surface area (Å²) in [5.41, 5.74) is 5.84. The van der Waals surface area contributed by atoms with Crippen LogP contribution in [-0.2, 0) is 32.2 Å². The number of nitrogens with zero attached hydrogens (tertiary/aromatic N) is 1. The van der Waals surface area contributed by atoms with Gasteiger partial charge in [0.1, 0.15) is 0 Å². The summed E-state index contributed by atoms with van der Waals surface area (Å²) in [7, 11) is 0. The van der Waals surface area contributed by atoms with Gasteiger partial charge in [-0.2, -0.15) is 4.73 Å².